The quantitative estimate of drug-likeness (QED) is 0.373. The molecule has 0 unspecified atom stereocenters. The number of amides is 1. The Morgan fingerprint density at radius 1 is 1.00 bits per heavy atom. The highest BCUT2D eigenvalue weighted by molar-refractivity contribution is 7.98. The summed E-state index contributed by atoms with van der Waals surface area (Å²) in [4.78, 5) is 14.3. The van der Waals surface area contributed by atoms with Crippen molar-refractivity contribution in [1.29, 1.82) is 0 Å². The molecule has 0 fully saturated rings. The number of anilines is 2. The van der Waals surface area contributed by atoms with Crippen LogP contribution in [0.15, 0.2) is 76.5 Å². The molecule has 0 aromatic heterocycles. The molecular weight excluding hydrogens is 468 g/mol. The zero-order chi connectivity index (χ0) is 24.7. The summed E-state index contributed by atoms with van der Waals surface area (Å²) in [6.45, 7) is 5.73. The Hall–Kier alpha value is -2.97. The lowest BCUT2D eigenvalue weighted by Crippen LogP contribution is -2.38. The van der Waals surface area contributed by atoms with Gasteiger partial charge in [0.25, 0.3) is 10.0 Å². The number of para-hydroxylation sites is 3. The van der Waals surface area contributed by atoms with E-state index in [2.05, 4.69) is 5.32 Å². The van der Waals surface area contributed by atoms with Gasteiger partial charge >= 0.3 is 0 Å². The first-order chi connectivity index (χ1) is 16.3. The Morgan fingerprint density at radius 3 is 2.35 bits per heavy atom. The number of nitrogens with one attached hydrogen (secondary N) is 1. The first kappa shape index (κ1) is 25.6. The normalized spacial score (nSPS) is 11.2. The average molecular weight is 499 g/mol. The maximum Gasteiger partial charge on any atom is 0.264 e. The molecule has 0 atom stereocenters. The molecule has 0 aliphatic carbocycles. The number of ether oxygens (including phenoxy) is 1. The van der Waals surface area contributed by atoms with Crippen LogP contribution in [0.3, 0.4) is 0 Å². The summed E-state index contributed by atoms with van der Waals surface area (Å²) in [5, 5.41) is 2.93. The fraction of sp³-hybridized carbons (Fsp3) is 0.269. The van der Waals surface area contributed by atoms with Crippen LogP contribution in [0.1, 0.15) is 25.0 Å². The smallest absolute Gasteiger partial charge is 0.264 e. The van der Waals surface area contributed by atoms with Crippen LogP contribution in [0.25, 0.3) is 0 Å². The molecule has 180 valence electrons. The van der Waals surface area contributed by atoms with E-state index in [9.17, 15) is 13.2 Å². The van der Waals surface area contributed by atoms with E-state index < -0.39 is 22.5 Å². The number of sulfonamides is 1. The summed E-state index contributed by atoms with van der Waals surface area (Å²) in [5.74, 6) is -0.0353. The molecule has 0 radical (unpaired) electrons. The van der Waals surface area contributed by atoms with Gasteiger partial charge in [0.15, 0.2) is 0 Å². The summed E-state index contributed by atoms with van der Waals surface area (Å²) in [5.41, 5.74) is 2.94. The van der Waals surface area contributed by atoms with Crippen LogP contribution in [0, 0.1) is 6.92 Å². The van der Waals surface area contributed by atoms with Crippen LogP contribution in [-0.4, -0.2) is 33.7 Å². The molecule has 0 bridgehead atoms. The molecule has 0 heterocycles. The molecule has 3 rings (SSSR count). The number of carbonyl (C=O) groups is 1. The number of rotatable bonds is 10. The fourth-order valence-corrected chi connectivity index (χ4v) is 5.47. The van der Waals surface area contributed by atoms with Crippen molar-refractivity contribution in [3.05, 3.63) is 77.9 Å². The molecule has 0 saturated carbocycles. The van der Waals surface area contributed by atoms with E-state index in [0.29, 0.717) is 18.0 Å². The number of benzene rings is 3. The standard InChI is InChI=1S/C26H30N2O4S2/c1-5-20-11-9-10-19(3)26(20)27-25(29)18-28(23-12-7-8-13-24(23)32-6-2)34(30,31)22-16-14-21(33-4)15-17-22/h7-17H,5-6,18H2,1-4H3,(H,27,29). The zero-order valence-corrected chi connectivity index (χ0v) is 21.5. The summed E-state index contributed by atoms with van der Waals surface area (Å²) >= 11 is 1.53. The molecule has 3 aromatic carbocycles. The largest absolute Gasteiger partial charge is 0.492 e. The van der Waals surface area contributed by atoms with Crippen molar-refractivity contribution in [3.8, 4) is 5.75 Å². The molecular formula is C26H30N2O4S2. The predicted molar refractivity (Wildman–Crippen MR) is 140 cm³/mol. The van der Waals surface area contributed by atoms with Crippen LogP contribution in [0.2, 0.25) is 0 Å². The van der Waals surface area contributed by atoms with Gasteiger partial charge in [0.1, 0.15) is 12.3 Å². The monoisotopic (exact) mass is 498 g/mol. The zero-order valence-electron chi connectivity index (χ0n) is 19.9. The van der Waals surface area contributed by atoms with Gasteiger partial charge in [-0.25, -0.2) is 8.42 Å². The summed E-state index contributed by atoms with van der Waals surface area (Å²) in [6, 6.07) is 19.3. The third kappa shape index (κ3) is 5.74. The van der Waals surface area contributed by atoms with E-state index in [1.807, 2.05) is 45.2 Å². The van der Waals surface area contributed by atoms with Crippen molar-refractivity contribution < 1.29 is 17.9 Å². The Morgan fingerprint density at radius 2 is 1.71 bits per heavy atom. The second-order valence-corrected chi connectivity index (χ2v) is 10.3. The molecule has 1 amide bonds. The molecule has 1 N–H and O–H groups in total. The molecule has 0 spiro atoms. The van der Waals surface area contributed by atoms with Gasteiger partial charge in [-0.15, -0.1) is 11.8 Å². The van der Waals surface area contributed by atoms with Gasteiger partial charge < -0.3 is 10.1 Å². The lowest BCUT2D eigenvalue weighted by atomic mass is 10.1. The Bertz CT molecular complexity index is 1240. The topological polar surface area (TPSA) is 75.7 Å². The van der Waals surface area contributed by atoms with E-state index in [1.54, 1.807) is 48.5 Å². The van der Waals surface area contributed by atoms with Crippen molar-refractivity contribution in [2.75, 3.05) is 29.0 Å². The van der Waals surface area contributed by atoms with E-state index in [4.69, 9.17) is 4.74 Å². The van der Waals surface area contributed by atoms with Gasteiger partial charge in [-0.1, -0.05) is 37.3 Å². The molecule has 3 aromatic rings. The molecule has 8 heteroatoms. The highest BCUT2D eigenvalue weighted by atomic mass is 32.2. The average Bonchev–Trinajstić information content (AvgIpc) is 2.84. The second kappa shape index (κ2) is 11.4. The van der Waals surface area contributed by atoms with E-state index in [1.165, 1.54) is 11.8 Å². The Labute approximate surface area is 206 Å². The van der Waals surface area contributed by atoms with E-state index in [-0.39, 0.29) is 4.90 Å². The number of carbonyl (C=O) groups excluding carboxylic acids is 1. The van der Waals surface area contributed by atoms with Gasteiger partial charge in [0.2, 0.25) is 5.91 Å². The molecule has 0 saturated heterocycles. The lowest BCUT2D eigenvalue weighted by molar-refractivity contribution is -0.114. The fourth-order valence-electron chi connectivity index (χ4n) is 3.63. The van der Waals surface area contributed by atoms with Gasteiger partial charge in [-0.05, 0) is 74.0 Å². The predicted octanol–water partition coefficient (Wildman–Crippen LogP) is 5.51. The number of hydrogen-bond donors (Lipinski definition) is 1. The highest BCUT2D eigenvalue weighted by Gasteiger charge is 2.29. The molecule has 34 heavy (non-hydrogen) atoms. The number of hydrogen-bond acceptors (Lipinski definition) is 5. The number of thioether (sulfide) groups is 1. The summed E-state index contributed by atoms with van der Waals surface area (Å²) in [6.07, 6.45) is 2.67. The van der Waals surface area contributed by atoms with Crippen LogP contribution >= 0.6 is 11.8 Å². The van der Waals surface area contributed by atoms with Crippen molar-refractivity contribution in [1.82, 2.24) is 0 Å². The molecule has 0 aliphatic rings. The van der Waals surface area contributed by atoms with Crippen molar-refractivity contribution in [2.24, 2.45) is 0 Å². The third-order valence-corrected chi connectivity index (χ3v) is 7.89. The summed E-state index contributed by atoms with van der Waals surface area (Å²) in [7, 11) is -4.05. The molecule has 0 aliphatic heterocycles. The highest BCUT2D eigenvalue weighted by Crippen LogP contribution is 2.33. The van der Waals surface area contributed by atoms with Crippen LogP contribution in [-0.2, 0) is 21.2 Å². The SMILES string of the molecule is CCOc1ccccc1N(CC(=O)Nc1c(C)cccc1CC)S(=O)(=O)c1ccc(SC)cc1. The lowest BCUT2D eigenvalue weighted by Gasteiger charge is -2.26. The second-order valence-electron chi connectivity index (χ2n) is 7.60. The maximum absolute atomic E-state index is 13.8. The van der Waals surface area contributed by atoms with Crippen molar-refractivity contribution in [3.63, 3.8) is 0 Å². The minimum atomic E-state index is -4.05. The summed E-state index contributed by atoms with van der Waals surface area (Å²) < 4.78 is 34.3. The minimum absolute atomic E-state index is 0.106. The van der Waals surface area contributed by atoms with Crippen LogP contribution in [0.4, 0.5) is 11.4 Å². The van der Waals surface area contributed by atoms with Crippen molar-refractivity contribution in [2.45, 2.75) is 37.0 Å². The minimum Gasteiger partial charge on any atom is -0.492 e. The third-order valence-electron chi connectivity index (χ3n) is 5.37. The maximum atomic E-state index is 13.8. The first-order valence-electron chi connectivity index (χ1n) is 11.1. The first-order valence-corrected chi connectivity index (χ1v) is 13.7. The van der Waals surface area contributed by atoms with Gasteiger partial charge in [-0.2, -0.15) is 0 Å². The van der Waals surface area contributed by atoms with E-state index >= 15 is 0 Å². The van der Waals surface area contributed by atoms with Gasteiger partial charge in [0, 0.05) is 10.6 Å². The van der Waals surface area contributed by atoms with Gasteiger partial charge in [-0.3, -0.25) is 9.10 Å². The van der Waals surface area contributed by atoms with E-state index in [0.717, 1.165) is 32.4 Å². The molecule has 6 nitrogen and oxygen atoms in total. The van der Waals surface area contributed by atoms with Crippen LogP contribution < -0.4 is 14.4 Å². The number of nitrogens with zero attached hydrogens (tertiary/aromatic N) is 1. The Balaban J connectivity index is 2.03. The van der Waals surface area contributed by atoms with Crippen LogP contribution in [0.5, 0.6) is 5.75 Å². The van der Waals surface area contributed by atoms with Gasteiger partial charge in [0.05, 0.1) is 17.2 Å². The van der Waals surface area contributed by atoms with Crippen molar-refractivity contribution >= 4 is 39.1 Å². The number of aryl methyl sites for hydroxylation is 2. The Kier molecular flexibility index (Phi) is 8.63.